The minimum absolute atomic E-state index is 0.0355. The van der Waals surface area contributed by atoms with Crippen molar-refractivity contribution in [3.05, 3.63) is 24.3 Å². The van der Waals surface area contributed by atoms with Crippen molar-refractivity contribution in [3.8, 4) is 5.75 Å². The van der Waals surface area contributed by atoms with Crippen molar-refractivity contribution in [1.82, 2.24) is 4.90 Å². The van der Waals surface area contributed by atoms with Gasteiger partial charge in [0.05, 0.1) is 12.8 Å². The number of methoxy groups -OCH3 is 1. The number of urea groups is 1. The summed E-state index contributed by atoms with van der Waals surface area (Å²) < 4.78 is 5.23. The van der Waals surface area contributed by atoms with Gasteiger partial charge in [-0.25, -0.2) is 4.79 Å². The lowest BCUT2D eigenvalue weighted by molar-refractivity contribution is 0.170. The highest BCUT2D eigenvalue weighted by molar-refractivity contribution is 5.91. The molecule has 1 heterocycles. The molecule has 4 heteroatoms. The number of piperidine rings is 1. The number of nitrogens with zero attached hydrogens (tertiary/aromatic N) is 1. The van der Waals surface area contributed by atoms with Crippen LogP contribution in [0.3, 0.4) is 0 Å². The van der Waals surface area contributed by atoms with E-state index in [-0.39, 0.29) is 6.03 Å². The molecule has 18 heavy (non-hydrogen) atoms. The maximum absolute atomic E-state index is 12.2. The summed E-state index contributed by atoms with van der Waals surface area (Å²) in [5.74, 6) is 0.690. The lowest BCUT2D eigenvalue weighted by Crippen LogP contribution is -2.44. The Hall–Kier alpha value is -1.71. The second kappa shape index (κ2) is 5.76. The van der Waals surface area contributed by atoms with Gasteiger partial charge in [-0.2, -0.15) is 0 Å². The fourth-order valence-corrected chi connectivity index (χ4v) is 2.33. The number of ether oxygens (including phenoxy) is 1. The first kappa shape index (κ1) is 12.7. The average molecular weight is 248 g/mol. The van der Waals surface area contributed by atoms with Crippen LogP contribution < -0.4 is 10.1 Å². The number of hydrogen-bond donors (Lipinski definition) is 1. The molecular formula is C14H20N2O2. The maximum Gasteiger partial charge on any atom is 0.322 e. The number of likely N-dealkylation sites (tertiary alicyclic amines) is 1. The van der Waals surface area contributed by atoms with Gasteiger partial charge in [0.15, 0.2) is 0 Å². The number of carbonyl (C=O) groups is 1. The van der Waals surface area contributed by atoms with Gasteiger partial charge in [-0.15, -0.1) is 0 Å². The molecule has 1 aromatic carbocycles. The Morgan fingerprint density at radius 1 is 1.39 bits per heavy atom. The van der Waals surface area contributed by atoms with Crippen LogP contribution in [0.4, 0.5) is 10.5 Å². The number of para-hydroxylation sites is 2. The molecule has 1 aliphatic heterocycles. The van der Waals surface area contributed by atoms with Crippen LogP contribution in [-0.4, -0.2) is 30.6 Å². The van der Waals surface area contributed by atoms with E-state index in [0.29, 0.717) is 11.8 Å². The predicted molar refractivity (Wildman–Crippen MR) is 72.0 cm³/mol. The molecule has 1 aliphatic rings. The summed E-state index contributed by atoms with van der Waals surface area (Å²) in [4.78, 5) is 14.1. The molecule has 0 aromatic heterocycles. The van der Waals surface area contributed by atoms with Crippen molar-refractivity contribution >= 4 is 11.7 Å². The molecule has 0 aliphatic carbocycles. The highest BCUT2D eigenvalue weighted by atomic mass is 16.5. The largest absolute Gasteiger partial charge is 0.495 e. The zero-order valence-corrected chi connectivity index (χ0v) is 11.0. The minimum Gasteiger partial charge on any atom is -0.495 e. The Labute approximate surface area is 108 Å². The Morgan fingerprint density at radius 3 is 2.89 bits per heavy atom. The van der Waals surface area contributed by atoms with Gasteiger partial charge in [0.1, 0.15) is 5.75 Å². The van der Waals surface area contributed by atoms with Gasteiger partial charge < -0.3 is 15.0 Å². The van der Waals surface area contributed by atoms with Crippen LogP contribution in [0.25, 0.3) is 0 Å². The lowest BCUT2D eigenvalue weighted by Gasteiger charge is -2.33. The number of carbonyl (C=O) groups excluding carboxylic acids is 1. The first-order valence-corrected chi connectivity index (χ1v) is 6.43. The topological polar surface area (TPSA) is 41.6 Å². The van der Waals surface area contributed by atoms with E-state index in [9.17, 15) is 4.79 Å². The molecule has 4 nitrogen and oxygen atoms in total. The van der Waals surface area contributed by atoms with Crippen LogP contribution >= 0.6 is 0 Å². The molecular weight excluding hydrogens is 228 g/mol. The Bertz CT molecular complexity index is 420. The molecule has 1 atom stereocenters. The monoisotopic (exact) mass is 248 g/mol. The number of amides is 2. The fourth-order valence-electron chi connectivity index (χ4n) is 2.33. The van der Waals surface area contributed by atoms with Gasteiger partial charge >= 0.3 is 6.03 Å². The van der Waals surface area contributed by atoms with E-state index >= 15 is 0 Å². The third-order valence-electron chi connectivity index (χ3n) is 3.41. The molecule has 2 rings (SSSR count). The molecule has 1 saturated heterocycles. The van der Waals surface area contributed by atoms with Crippen molar-refractivity contribution in [2.45, 2.75) is 32.2 Å². The molecule has 0 unspecified atom stereocenters. The van der Waals surface area contributed by atoms with Gasteiger partial charge in [0, 0.05) is 12.6 Å². The molecule has 1 fully saturated rings. The van der Waals surface area contributed by atoms with Crippen LogP contribution in [0.15, 0.2) is 24.3 Å². The van der Waals surface area contributed by atoms with E-state index in [4.69, 9.17) is 4.74 Å². The summed E-state index contributed by atoms with van der Waals surface area (Å²) >= 11 is 0. The molecule has 98 valence electrons. The van der Waals surface area contributed by atoms with Crippen LogP contribution in [-0.2, 0) is 0 Å². The standard InChI is InChI=1S/C14H20N2O2/c1-11-7-5-6-10-16(11)14(17)15-12-8-3-4-9-13(12)18-2/h3-4,8-9,11H,5-7,10H2,1-2H3,(H,15,17)/t11-/m1/s1. The second-order valence-electron chi connectivity index (χ2n) is 4.67. The Morgan fingerprint density at radius 2 is 2.17 bits per heavy atom. The van der Waals surface area contributed by atoms with Crippen LogP contribution in [0.2, 0.25) is 0 Å². The Kier molecular flexibility index (Phi) is 4.07. The quantitative estimate of drug-likeness (QED) is 0.873. The molecule has 2 amide bonds. The van der Waals surface area contributed by atoms with Crippen molar-refractivity contribution in [2.75, 3.05) is 19.0 Å². The lowest BCUT2D eigenvalue weighted by atomic mass is 10.0. The Balaban J connectivity index is 2.06. The molecule has 1 aromatic rings. The SMILES string of the molecule is COc1ccccc1NC(=O)N1CCCC[C@H]1C. The van der Waals surface area contributed by atoms with Crippen molar-refractivity contribution in [2.24, 2.45) is 0 Å². The summed E-state index contributed by atoms with van der Waals surface area (Å²) in [5.41, 5.74) is 0.725. The predicted octanol–water partition coefficient (Wildman–Crippen LogP) is 3.10. The summed E-state index contributed by atoms with van der Waals surface area (Å²) in [6.07, 6.45) is 3.38. The molecule has 0 spiro atoms. The highest BCUT2D eigenvalue weighted by Crippen LogP contribution is 2.24. The normalized spacial score (nSPS) is 19.4. The molecule has 0 bridgehead atoms. The summed E-state index contributed by atoms with van der Waals surface area (Å²) in [7, 11) is 1.61. The highest BCUT2D eigenvalue weighted by Gasteiger charge is 2.23. The van der Waals surface area contributed by atoms with Crippen molar-refractivity contribution in [3.63, 3.8) is 0 Å². The summed E-state index contributed by atoms with van der Waals surface area (Å²) in [6, 6.07) is 7.75. The first-order chi connectivity index (χ1) is 8.72. The van der Waals surface area contributed by atoms with E-state index in [2.05, 4.69) is 12.2 Å². The van der Waals surface area contributed by atoms with E-state index < -0.39 is 0 Å². The molecule has 0 saturated carbocycles. The van der Waals surface area contributed by atoms with E-state index in [1.165, 1.54) is 6.42 Å². The van der Waals surface area contributed by atoms with Gasteiger partial charge in [-0.1, -0.05) is 12.1 Å². The smallest absolute Gasteiger partial charge is 0.322 e. The van der Waals surface area contributed by atoms with Crippen LogP contribution in [0.1, 0.15) is 26.2 Å². The zero-order chi connectivity index (χ0) is 13.0. The second-order valence-corrected chi connectivity index (χ2v) is 4.67. The zero-order valence-electron chi connectivity index (χ0n) is 11.0. The van der Waals surface area contributed by atoms with E-state index in [0.717, 1.165) is 25.1 Å². The number of nitrogens with one attached hydrogen (secondary N) is 1. The summed E-state index contributed by atoms with van der Waals surface area (Å²) in [6.45, 7) is 2.93. The van der Waals surface area contributed by atoms with Crippen LogP contribution in [0, 0.1) is 0 Å². The third kappa shape index (κ3) is 2.75. The fraction of sp³-hybridized carbons (Fsp3) is 0.500. The van der Waals surface area contributed by atoms with Gasteiger partial charge in [-0.05, 0) is 38.3 Å². The third-order valence-corrected chi connectivity index (χ3v) is 3.41. The van der Waals surface area contributed by atoms with Gasteiger partial charge in [-0.3, -0.25) is 0 Å². The van der Waals surface area contributed by atoms with Crippen LogP contribution in [0.5, 0.6) is 5.75 Å². The molecule has 0 radical (unpaired) electrons. The number of anilines is 1. The first-order valence-electron chi connectivity index (χ1n) is 6.43. The van der Waals surface area contributed by atoms with Gasteiger partial charge in [0.2, 0.25) is 0 Å². The molecule has 1 N–H and O–H groups in total. The van der Waals surface area contributed by atoms with Crippen molar-refractivity contribution in [1.29, 1.82) is 0 Å². The number of benzene rings is 1. The van der Waals surface area contributed by atoms with E-state index in [1.807, 2.05) is 29.2 Å². The number of hydrogen-bond acceptors (Lipinski definition) is 2. The van der Waals surface area contributed by atoms with Crippen molar-refractivity contribution < 1.29 is 9.53 Å². The van der Waals surface area contributed by atoms with Gasteiger partial charge in [0.25, 0.3) is 0 Å². The van der Waals surface area contributed by atoms with E-state index in [1.54, 1.807) is 7.11 Å². The maximum atomic E-state index is 12.2. The minimum atomic E-state index is -0.0355. The average Bonchev–Trinajstić information content (AvgIpc) is 2.39. The number of rotatable bonds is 2. The summed E-state index contributed by atoms with van der Waals surface area (Å²) in [5, 5.41) is 2.92.